The van der Waals surface area contributed by atoms with Gasteiger partial charge in [0, 0.05) is 30.2 Å². The van der Waals surface area contributed by atoms with Gasteiger partial charge in [-0.3, -0.25) is 4.79 Å². The number of rotatable bonds is 4. The molecule has 0 saturated carbocycles. The van der Waals surface area contributed by atoms with Crippen LogP contribution in [0.15, 0.2) is 12.1 Å². The van der Waals surface area contributed by atoms with Crippen molar-refractivity contribution < 1.29 is 24.2 Å². The Balaban J connectivity index is 2.62. The van der Waals surface area contributed by atoms with Gasteiger partial charge < -0.3 is 19.9 Å². The van der Waals surface area contributed by atoms with E-state index in [4.69, 9.17) is 9.47 Å². The molecule has 0 heterocycles. The van der Waals surface area contributed by atoms with Gasteiger partial charge in [0.05, 0.1) is 7.11 Å². The second-order valence-corrected chi connectivity index (χ2v) is 5.71. The van der Waals surface area contributed by atoms with Gasteiger partial charge in [-0.1, -0.05) is 11.8 Å². The number of phenols is 1. The fraction of sp³-hybridized carbons (Fsp3) is 0.412. The Labute approximate surface area is 135 Å². The number of phenolic OH excluding ortho intramolecular Hbond substituents is 1. The van der Waals surface area contributed by atoms with Crippen LogP contribution >= 0.6 is 0 Å². The highest BCUT2D eigenvalue weighted by Gasteiger charge is 2.15. The lowest BCUT2D eigenvalue weighted by Crippen LogP contribution is -2.32. The zero-order valence-corrected chi connectivity index (χ0v) is 13.7. The Hall–Kier alpha value is -2.68. The predicted octanol–water partition coefficient (Wildman–Crippen LogP) is 2.48. The number of carbonyl (C=O) groups excluding carboxylic acids is 2. The minimum Gasteiger partial charge on any atom is -0.504 e. The number of aromatic hydroxyl groups is 1. The first-order valence-electron chi connectivity index (χ1n) is 7.08. The summed E-state index contributed by atoms with van der Waals surface area (Å²) in [7, 11) is 1.40. The number of alkyl carbamates (subject to hydrolysis) is 1. The first-order valence-corrected chi connectivity index (χ1v) is 7.08. The predicted molar refractivity (Wildman–Crippen MR) is 85.8 cm³/mol. The summed E-state index contributed by atoms with van der Waals surface area (Å²) >= 11 is 0. The van der Waals surface area contributed by atoms with Gasteiger partial charge in [0.2, 0.25) is 0 Å². The van der Waals surface area contributed by atoms with Crippen LogP contribution in [0.25, 0.3) is 0 Å². The van der Waals surface area contributed by atoms with Gasteiger partial charge in [-0.2, -0.15) is 0 Å². The largest absolute Gasteiger partial charge is 0.504 e. The van der Waals surface area contributed by atoms with Crippen LogP contribution in [0.2, 0.25) is 0 Å². The van der Waals surface area contributed by atoms with Crippen LogP contribution in [0.3, 0.4) is 0 Å². The van der Waals surface area contributed by atoms with Crippen molar-refractivity contribution in [2.45, 2.75) is 32.8 Å². The number of ether oxygens (including phenoxy) is 2. The number of hydrogen-bond donors (Lipinski definition) is 2. The van der Waals surface area contributed by atoms with Gasteiger partial charge in [0.1, 0.15) is 5.60 Å². The molecule has 1 aromatic carbocycles. The minimum atomic E-state index is -0.546. The maximum Gasteiger partial charge on any atom is 0.407 e. The molecule has 0 bridgehead atoms. The summed E-state index contributed by atoms with van der Waals surface area (Å²) in [6.07, 6.45) is 0.518. The maximum atomic E-state index is 11.4. The van der Waals surface area contributed by atoms with Gasteiger partial charge >= 0.3 is 6.09 Å². The van der Waals surface area contributed by atoms with Crippen LogP contribution in [-0.4, -0.2) is 36.7 Å². The normalized spacial score (nSPS) is 10.3. The number of carbonyl (C=O) groups is 2. The third-order valence-electron chi connectivity index (χ3n) is 2.62. The molecule has 6 nitrogen and oxygen atoms in total. The molecule has 0 spiro atoms. The van der Waals surface area contributed by atoms with E-state index in [1.54, 1.807) is 20.8 Å². The molecule has 6 heteroatoms. The standard InChI is InChI=1S/C17H21NO5/c1-17(2,3)23-16(21)18-8-6-5-7-12-9-14(20)15(22-4)10-13(12)11-19/h9-11,20H,6,8H2,1-4H3,(H,18,21). The van der Waals surface area contributed by atoms with Crippen LogP contribution in [0, 0.1) is 11.8 Å². The highest BCUT2D eigenvalue weighted by Crippen LogP contribution is 2.28. The number of amides is 1. The van der Waals surface area contributed by atoms with Crippen LogP contribution < -0.4 is 10.1 Å². The Morgan fingerprint density at radius 2 is 2.09 bits per heavy atom. The molecule has 0 fully saturated rings. The topological polar surface area (TPSA) is 84.9 Å². The summed E-state index contributed by atoms with van der Waals surface area (Å²) in [5.74, 6) is 5.74. The van der Waals surface area contributed by atoms with Crippen molar-refractivity contribution in [1.82, 2.24) is 5.32 Å². The molecule has 23 heavy (non-hydrogen) atoms. The Morgan fingerprint density at radius 3 is 2.65 bits per heavy atom. The molecule has 0 aromatic heterocycles. The molecule has 0 saturated heterocycles. The highest BCUT2D eigenvalue weighted by molar-refractivity contribution is 5.81. The highest BCUT2D eigenvalue weighted by atomic mass is 16.6. The second kappa shape index (κ2) is 8.08. The van der Waals surface area contributed by atoms with Crippen molar-refractivity contribution >= 4 is 12.4 Å². The maximum absolute atomic E-state index is 11.4. The van der Waals surface area contributed by atoms with Crippen LogP contribution in [-0.2, 0) is 4.74 Å². The van der Waals surface area contributed by atoms with Gasteiger partial charge in [0.15, 0.2) is 17.8 Å². The zero-order valence-electron chi connectivity index (χ0n) is 13.7. The molecular formula is C17H21NO5. The SMILES string of the molecule is COc1cc(C=O)c(C#CCCNC(=O)OC(C)(C)C)cc1O. The van der Waals surface area contributed by atoms with E-state index in [2.05, 4.69) is 17.2 Å². The van der Waals surface area contributed by atoms with E-state index in [1.807, 2.05) is 0 Å². The number of aldehydes is 1. The molecule has 2 N–H and O–H groups in total. The summed E-state index contributed by atoms with van der Waals surface area (Å²) in [5.41, 5.74) is 0.178. The van der Waals surface area contributed by atoms with Crippen molar-refractivity contribution in [2.24, 2.45) is 0 Å². The van der Waals surface area contributed by atoms with Gasteiger partial charge in [-0.15, -0.1) is 0 Å². The molecule has 0 aliphatic carbocycles. The number of methoxy groups -OCH3 is 1. The van der Waals surface area contributed by atoms with Gasteiger partial charge in [-0.05, 0) is 26.8 Å². The average Bonchev–Trinajstić information content (AvgIpc) is 2.45. The fourth-order valence-electron chi connectivity index (χ4n) is 1.65. The number of benzene rings is 1. The lowest BCUT2D eigenvalue weighted by atomic mass is 10.1. The van der Waals surface area contributed by atoms with Crippen molar-refractivity contribution in [1.29, 1.82) is 0 Å². The number of nitrogens with one attached hydrogen (secondary N) is 1. The molecule has 0 aliphatic rings. The Morgan fingerprint density at radius 1 is 1.39 bits per heavy atom. The first-order chi connectivity index (χ1) is 10.8. The minimum absolute atomic E-state index is 0.0886. The summed E-state index contributed by atoms with van der Waals surface area (Å²) in [5, 5.41) is 12.3. The summed E-state index contributed by atoms with van der Waals surface area (Å²) < 4.78 is 10.0. The smallest absolute Gasteiger partial charge is 0.407 e. The van der Waals surface area contributed by atoms with E-state index in [-0.39, 0.29) is 11.5 Å². The monoisotopic (exact) mass is 319 g/mol. The van der Waals surface area contributed by atoms with Crippen LogP contribution in [0.1, 0.15) is 43.1 Å². The zero-order chi connectivity index (χ0) is 17.5. The lowest BCUT2D eigenvalue weighted by Gasteiger charge is -2.19. The average molecular weight is 319 g/mol. The quantitative estimate of drug-likeness (QED) is 0.506. The van der Waals surface area contributed by atoms with E-state index >= 15 is 0 Å². The van der Waals surface area contributed by atoms with E-state index in [1.165, 1.54) is 19.2 Å². The summed E-state index contributed by atoms with van der Waals surface area (Å²) in [4.78, 5) is 22.5. The molecule has 1 amide bonds. The van der Waals surface area contributed by atoms with E-state index in [0.29, 0.717) is 30.4 Å². The van der Waals surface area contributed by atoms with Crippen molar-refractivity contribution in [2.75, 3.05) is 13.7 Å². The van der Waals surface area contributed by atoms with Crippen molar-refractivity contribution in [3.63, 3.8) is 0 Å². The summed E-state index contributed by atoms with van der Waals surface area (Å²) in [6.45, 7) is 5.66. The van der Waals surface area contributed by atoms with E-state index < -0.39 is 11.7 Å². The first kappa shape index (κ1) is 18.4. The number of hydrogen-bond acceptors (Lipinski definition) is 5. The molecule has 0 aliphatic heterocycles. The van der Waals surface area contributed by atoms with Crippen LogP contribution in [0.4, 0.5) is 4.79 Å². The third kappa shape index (κ3) is 6.30. The second-order valence-electron chi connectivity index (χ2n) is 5.71. The van der Waals surface area contributed by atoms with Crippen molar-refractivity contribution in [3.05, 3.63) is 23.3 Å². The molecule has 0 atom stereocenters. The van der Waals surface area contributed by atoms with Crippen LogP contribution in [0.5, 0.6) is 11.5 Å². The van der Waals surface area contributed by atoms with E-state index in [0.717, 1.165) is 0 Å². The van der Waals surface area contributed by atoms with Crippen molar-refractivity contribution in [3.8, 4) is 23.3 Å². The molecule has 1 rings (SSSR count). The lowest BCUT2D eigenvalue weighted by molar-refractivity contribution is 0.0529. The molecule has 0 unspecified atom stereocenters. The van der Waals surface area contributed by atoms with E-state index in [9.17, 15) is 14.7 Å². The Bertz CT molecular complexity index is 635. The molecule has 124 valence electrons. The third-order valence-corrected chi connectivity index (χ3v) is 2.62. The Kier molecular flexibility index (Phi) is 6.46. The molecular weight excluding hydrogens is 298 g/mol. The summed E-state index contributed by atoms with van der Waals surface area (Å²) in [6, 6.07) is 2.79. The molecule has 1 aromatic rings. The van der Waals surface area contributed by atoms with Gasteiger partial charge in [-0.25, -0.2) is 4.79 Å². The molecule has 0 radical (unpaired) electrons. The van der Waals surface area contributed by atoms with Gasteiger partial charge in [0.25, 0.3) is 0 Å². The fourth-order valence-corrected chi connectivity index (χ4v) is 1.65.